The Kier molecular flexibility index (Phi) is 5.56. The predicted molar refractivity (Wildman–Crippen MR) is 70.3 cm³/mol. The Morgan fingerprint density at radius 1 is 1.56 bits per heavy atom. The summed E-state index contributed by atoms with van der Waals surface area (Å²) in [5.41, 5.74) is 5.12. The Morgan fingerprint density at radius 2 is 2.22 bits per heavy atom. The minimum Gasteiger partial charge on any atom is -0.465 e. The van der Waals surface area contributed by atoms with Crippen molar-refractivity contribution in [3.05, 3.63) is 0 Å². The first kappa shape index (κ1) is 15.4. The summed E-state index contributed by atoms with van der Waals surface area (Å²) < 4.78 is 10.7. The molecular formula is C13H26N2O3. The van der Waals surface area contributed by atoms with E-state index in [9.17, 15) is 4.79 Å². The zero-order valence-corrected chi connectivity index (χ0v) is 11.9. The molecule has 0 amide bonds. The molecule has 0 bridgehead atoms. The van der Waals surface area contributed by atoms with E-state index in [4.69, 9.17) is 15.2 Å². The number of hydrogen-bond acceptors (Lipinski definition) is 5. The molecule has 1 heterocycles. The Hall–Kier alpha value is -0.650. The number of nitrogens with two attached hydrogens (primary N) is 1. The number of esters is 1. The molecule has 1 saturated heterocycles. The number of morpholine rings is 1. The third kappa shape index (κ3) is 3.93. The Balaban J connectivity index is 2.64. The summed E-state index contributed by atoms with van der Waals surface area (Å²) in [5, 5.41) is 0. The van der Waals surface area contributed by atoms with Gasteiger partial charge in [0.15, 0.2) is 0 Å². The van der Waals surface area contributed by atoms with Crippen LogP contribution in [0.4, 0.5) is 0 Å². The molecule has 1 aliphatic rings. The normalized spacial score (nSPS) is 28.7. The highest BCUT2D eigenvalue weighted by atomic mass is 16.5. The van der Waals surface area contributed by atoms with Crippen LogP contribution in [0.2, 0.25) is 0 Å². The average molecular weight is 258 g/mol. The van der Waals surface area contributed by atoms with Gasteiger partial charge in [0.25, 0.3) is 0 Å². The SMILES string of the molecule is CCOC(=O)C(C)(N)CN1CC(C)OCC1CC. The van der Waals surface area contributed by atoms with E-state index in [2.05, 4.69) is 11.8 Å². The molecular weight excluding hydrogens is 232 g/mol. The molecule has 0 aromatic carbocycles. The maximum absolute atomic E-state index is 11.8. The van der Waals surface area contributed by atoms with Crippen LogP contribution in [0.25, 0.3) is 0 Å². The van der Waals surface area contributed by atoms with Crippen LogP contribution in [0.15, 0.2) is 0 Å². The Bertz CT molecular complexity index is 281. The highest BCUT2D eigenvalue weighted by Crippen LogP contribution is 2.17. The zero-order chi connectivity index (χ0) is 13.8. The fourth-order valence-electron chi connectivity index (χ4n) is 2.26. The number of nitrogens with zero attached hydrogens (tertiary/aromatic N) is 1. The Labute approximate surface area is 110 Å². The first-order valence-corrected chi connectivity index (χ1v) is 6.72. The quantitative estimate of drug-likeness (QED) is 0.738. The molecule has 0 aromatic heterocycles. The molecule has 0 radical (unpaired) electrons. The van der Waals surface area contributed by atoms with Crippen molar-refractivity contribution < 1.29 is 14.3 Å². The molecule has 1 aliphatic heterocycles. The van der Waals surface area contributed by atoms with Gasteiger partial charge in [-0.3, -0.25) is 9.69 Å². The van der Waals surface area contributed by atoms with Gasteiger partial charge in [-0.1, -0.05) is 6.92 Å². The summed E-state index contributed by atoms with van der Waals surface area (Å²) in [7, 11) is 0. The standard InChI is InChI=1S/C13H26N2O3/c1-5-11-8-18-10(3)7-15(11)9-13(4,14)12(16)17-6-2/h10-11H,5-9,14H2,1-4H3. The van der Waals surface area contributed by atoms with Crippen LogP contribution in [-0.2, 0) is 14.3 Å². The van der Waals surface area contributed by atoms with Crippen molar-refractivity contribution in [2.45, 2.75) is 51.8 Å². The van der Waals surface area contributed by atoms with Crippen LogP contribution in [0.3, 0.4) is 0 Å². The fraction of sp³-hybridized carbons (Fsp3) is 0.923. The third-order valence-corrected chi connectivity index (χ3v) is 3.33. The first-order chi connectivity index (χ1) is 8.40. The Morgan fingerprint density at radius 3 is 2.78 bits per heavy atom. The second-order valence-corrected chi connectivity index (χ2v) is 5.27. The summed E-state index contributed by atoms with van der Waals surface area (Å²) in [6, 6.07) is 0.332. The van der Waals surface area contributed by atoms with Gasteiger partial charge in [0.1, 0.15) is 5.54 Å². The number of carbonyl (C=O) groups excluding carboxylic acids is 1. The molecule has 0 aromatic rings. The van der Waals surface area contributed by atoms with Gasteiger partial charge < -0.3 is 15.2 Å². The van der Waals surface area contributed by atoms with Gasteiger partial charge in [0.05, 0.1) is 19.3 Å². The van der Waals surface area contributed by atoms with E-state index < -0.39 is 5.54 Å². The maximum Gasteiger partial charge on any atom is 0.327 e. The molecule has 5 heteroatoms. The summed E-state index contributed by atoms with van der Waals surface area (Å²) in [6.07, 6.45) is 1.18. The lowest BCUT2D eigenvalue weighted by atomic mass is 10.0. The molecule has 5 nitrogen and oxygen atoms in total. The predicted octanol–water partition coefficient (Wildman–Crippen LogP) is 0.766. The summed E-state index contributed by atoms with van der Waals surface area (Å²) in [5.74, 6) is -0.334. The van der Waals surface area contributed by atoms with E-state index in [1.54, 1.807) is 13.8 Å². The molecule has 0 aliphatic carbocycles. The number of carbonyl (C=O) groups is 1. The van der Waals surface area contributed by atoms with Crippen molar-refractivity contribution in [3.63, 3.8) is 0 Å². The molecule has 106 valence electrons. The van der Waals surface area contributed by atoms with Crippen LogP contribution < -0.4 is 5.73 Å². The van der Waals surface area contributed by atoms with Crippen molar-refractivity contribution in [1.82, 2.24) is 4.90 Å². The van der Waals surface area contributed by atoms with Crippen LogP contribution in [0, 0.1) is 0 Å². The lowest BCUT2D eigenvalue weighted by molar-refractivity contribution is -0.151. The highest BCUT2D eigenvalue weighted by Gasteiger charge is 2.36. The van der Waals surface area contributed by atoms with Crippen LogP contribution >= 0.6 is 0 Å². The van der Waals surface area contributed by atoms with Crippen LogP contribution in [0.1, 0.15) is 34.1 Å². The molecule has 0 saturated carbocycles. The van der Waals surface area contributed by atoms with E-state index in [1.807, 2.05) is 6.92 Å². The largest absolute Gasteiger partial charge is 0.465 e. The molecule has 3 atom stereocenters. The highest BCUT2D eigenvalue weighted by molar-refractivity contribution is 5.80. The lowest BCUT2D eigenvalue weighted by Crippen LogP contribution is -2.60. The summed E-state index contributed by atoms with van der Waals surface area (Å²) in [6.45, 7) is 10.1. The zero-order valence-electron chi connectivity index (χ0n) is 11.9. The molecule has 1 rings (SSSR count). The van der Waals surface area contributed by atoms with E-state index >= 15 is 0 Å². The summed E-state index contributed by atoms with van der Waals surface area (Å²) >= 11 is 0. The smallest absolute Gasteiger partial charge is 0.327 e. The van der Waals surface area contributed by atoms with Gasteiger partial charge in [-0.05, 0) is 27.2 Å². The molecule has 2 N–H and O–H groups in total. The monoisotopic (exact) mass is 258 g/mol. The molecule has 3 unspecified atom stereocenters. The maximum atomic E-state index is 11.8. The van der Waals surface area contributed by atoms with E-state index in [1.165, 1.54) is 0 Å². The average Bonchev–Trinajstić information content (AvgIpc) is 2.29. The van der Waals surface area contributed by atoms with Gasteiger partial charge in [-0.2, -0.15) is 0 Å². The van der Waals surface area contributed by atoms with Crippen molar-refractivity contribution in [3.8, 4) is 0 Å². The minimum atomic E-state index is -0.958. The summed E-state index contributed by atoms with van der Waals surface area (Å²) in [4.78, 5) is 14.1. The van der Waals surface area contributed by atoms with E-state index in [0.717, 1.165) is 13.0 Å². The topological polar surface area (TPSA) is 64.8 Å². The second kappa shape index (κ2) is 6.50. The van der Waals surface area contributed by atoms with Crippen LogP contribution in [-0.4, -0.2) is 54.9 Å². The number of hydrogen-bond donors (Lipinski definition) is 1. The molecule has 18 heavy (non-hydrogen) atoms. The number of ether oxygens (including phenoxy) is 2. The lowest BCUT2D eigenvalue weighted by Gasteiger charge is -2.41. The van der Waals surface area contributed by atoms with Crippen molar-refractivity contribution in [1.29, 1.82) is 0 Å². The van der Waals surface area contributed by atoms with E-state index in [0.29, 0.717) is 25.8 Å². The van der Waals surface area contributed by atoms with Gasteiger partial charge in [-0.15, -0.1) is 0 Å². The van der Waals surface area contributed by atoms with E-state index in [-0.39, 0.29) is 12.1 Å². The molecule has 0 spiro atoms. The second-order valence-electron chi connectivity index (χ2n) is 5.27. The minimum absolute atomic E-state index is 0.186. The van der Waals surface area contributed by atoms with Gasteiger partial charge >= 0.3 is 5.97 Å². The van der Waals surface area contributed by atoms with Crippen molar-refractivity contribution in [2.24, 2.45) is 5.73 Å². The van der Waals surface area contributed by atoms with Gasteiger partial charge in [-0.25, -0.2) is 0 Å². The first-order valence-electron chi connectivity index (χ1n) is 6.72. The third-order valence-electron chi connectivity index (χ3n) is 3.33. The van der Waals surface area contributed by atoms with Gasteiger partial charge in [0.2, 0.25) is 0 Å². The van der Waals surface area contributed by atoms with Crippen LogP contribution in [0.5, 0.6) is 0 Å². The van der Waals surface area contributed by atoms with Crippen molar-refractivity contribution >= 4 is 5.97 Å². The van der Waals surface area contributed by atoms with Gasteiger partial charge in [0, 0.05) is 19.1 Å². The number of rotatable bonds is 5. The fourth-order valence-corrected chi connectivity index (χ4v) is 2.26. The van der Waals surface area contributed by atoms with Crippen molar-refractivity contribution in [2.75, 3.05) is 26.3 Å². The molecule has 1 fully saturated rings.